The van der Waals surface area contributed by atoms with Crippen LogP contribution in [0.3, 0.4) is 0 Å². The highest BCUT2D eigenvalue weighted by atomic mass is 31.1. The van der Waals surface area contributed by atoms with Crippen molar-refractivity contribution in [2.75, 3.05) is 6.16 Å². The zero-order valence-electron chi connectivity index (χ0n) is 8.55. The lowest BCUT2D eigenvalue weighted by Gasteiger charge is -1.95. The van der Waals surface area contributed by atoms with Gasteiger partial charge in [0, 0.05) is 0 Å². The van der Waals surface area contributed by atoms with E-state index in [0.29, 0.717) is 0 Å². The van der Waals surface area contributed by atoms with Crippen LogP contribution in [0.2, 0.25) is 0 Å². The van der Waals surface area contributed by atoms with Crippen molar-refractivity contribution < 1.29 is 0 Å². The molecule has 0 aliphatic rings. The molecule has 0 amide bonds. The Balaban J connectivity index is 2.90. The van der Waals surface area contributed by atoms with Crippen molar-refractivity contribution in [2.24, 2.45) is 0 Å². The lowest BCUT2D eigenvalue weighted by molar-refractivity contribution is 0.706. The molecule has 0 fully saturated rings. The van der Waals surface area contributed by atoms with Crippen LogP contribution in [0, 0.1) is 0 Å². The molecule has 71 valence electrons. The Bertz CT molecular complexity index is 97.2. The Morgan fingerprint density at radius 2 is 1.83 bits per heavy atom. The van der Waals surface area contributed by atoms with E-state index in [1.54, 1.807) is 0 Å². The predicted octanol–water partition coefficient (Wildman–Crippen LogP) is 4.83. The maximum Gasteiger partial charge on any atom is -0.0250 e. The molecule has 0 N–H and O–H groups in total. The van der Waals surface area contributed by atoms with E-state index in [2.05, 4.69) is 25.7 Å². The van der Waals surface area contributed by atoms with E-state index in [0.717, 1.165) is 0 Å². The molecule has 0 saturated carbocycles. The Morgan fingerprint density at radius 3 is 2.50 bits per heavy atom. The summed E-state index contributed by atoms with van der Waals surface area (Å²) in [4.78, 5) is 0. The average Bonchev–Trinajstić information content (AvgIpc) is 2.10. The van der Waals surface area contributed by atoms with Gasteiger partial charge < -0.3 is 0 Å². The van der Waals surface area contributed by atoms with Gasteiger partial charge in [-0.25, -0.2) is 0 Å². The van der Waals surface area contributed by atoms with Gasteiger partial charge in [0.15, 0.2) is 0 Å². The second kappa shape index (κ2) is 11.2. The third-order valence-corrected chi connectivity index (χ3v) is 2.80. The van der Waals surface area contributed by atoms with Crippen molar-refractivity contribution in [3.63, 3.8) is 0 Å². The van der Waals surface area contributed by atoms with Gasteiger partial charge in [-0.05, 0) is 19.0 Å². The van der Waals surface area contributed by atoms with E-state index >= 15 is 0 Å². The smallest absolute Gasteiger partial charge is 0.0250 e. The highest BCUT2D eigenvalue weighted by Gasteiger charge is 1.86. The quantitative estimate of drug-likeness (QED) is 0.375. The monoisotopic (exact) mass is 185 g/mol. The van der Waals surface area contributed by atoms with Crippen LogP contribution in [0.5, 0.6) is 0 Å². The molecule has 12 heavy (non-hydrogen) atoms. The summed E-state index contributed by atoms with van der Waals surface area (Å²) in [5.74, 6) is 2.31. The van der Waals surface area contributed by atoms with Crippen LogP contribution in [-0.2, 0) is 0 Å². The summed E-state index contributed by atoms with van der Waals surface area (Å²) < 4.78 is 0. The second-order valence-corrected chi connectivity index (χ2v) is 4.25. The fraction of sp³-hybridized carbons (Fsp3) is 0.818. The van der Waals surface area contributed by atoms with Crippen molar-refractivity contribution in [1.29, 1.82) is 0 Å². The first-order valence-electron chi connectivity index (χ1n) is 5.23. The molecule has 0 nitrogen and oxygen atoms in total. The SMILES string of the molecule is CCCC=C[P]CCCCCC. The summed E-state index contributed by atoms with van der Waals surface area (Å²) in [6.45, 7) is 4.49. The molecule has 0 saturated heterocycles. The van der Waals surface area contributed by atoms with Gasteiger partial charge in [0.05, 0.1) is 0 Å². The summed E-state index contributed by atoms with van der Waals surface area (Å²) in [5.41, 5.74) is 0. The molecular formula is C11H22P. The van der Waals surface area contributed by atoms with Crippen molar-refractivity contribution in [2.45, 2.75) is 52.4 Å². The highest BCUT2D eigenvalue weighted by molar-refractivity contribution is 7.41. The van der Waals surface area contributed by atoms with E-state index in [9.17, 15) is 0 Å². The summed E-state index contributed by atoms with van der Waals surface area (Å²) in [5, 5.41) is 0. The Hall–Kier alpha value is 0.170. The Labute approximate surface area is 79.6 Å². The van der Waals surface area contributed by atoms with E-state index in [1.165, 1.54) is 53.3 Å². The molecule has 0 aliphatic heterocycles. The van der Waals surface area contributed by atoms with Crippen LogP contribution in [0.4, 0.5) is 0 Å². The van der Waals surface area contributed by atoms with Crippen LogP contribution in [0.25, 0.3) is 0 Å². The lowest BCUT2D eigenvalue weighted by Crippen LogP contribution is -1.76. The normalized spacial score (nSPS) is 12.2. The van der Waals surface area contributed by atoms with Crippen molar-refractivity contribution in [3.8, 4) is 0 Å². The molecule has 0 heterocycles. The molecule has 1 radical (unpaired) electrons. The largest absolute Gasteiger partial charge is 0.0837 e. The molecular weight excluding hydrogens is 163 g/mol. The number of rotatable bonds is 8. The molecule has 0 bridgehead atoms. The minimum atomic E-state index is 1.25. The summed E-state index contributed by atoms with van der Waals surface area (Å²) >= 11 is 0. The molecule has 0 aliphatic carbocycles. The average molecular weight is 185 g/mol. The Kier molecular flexibility index (Phi) is 11.3. The van der Waals surface area contributed by atoms with Gasteiger partial charge in [-0.3, -0.25) is 0 Å². The van der Waals surface area contributed by atoms with Gasteiger partial charge in [-0.1, -0.05) is 60.0 Å². The van der Waals surface area contributed by atoms with E-state index in [-0.39, 0.29) is 0 Å². The van der Waals surface area contributed by atoms with Crippen molar-refractivity contribution in [3.05, 3.63) is 11.9 Å². The van der Waals surface area contributed by atoms with Crippen LogP contribution in [0.1, 0.15) is 52.4 Å². The number of unbranched alkanes of at least 4 members (excludes halogenated alkanes) is 4. The maximum atomic E-state index is 2.31. The van der Waals surface area contributed by atoms with Crippen molar-refractivity contribution >= 4 is 8.58 Å². The van der Waals surface area contributed by atoms with Gasteiger partial charge in [0.2, 0.25) is 0 Å². The summed E-state index contributed by atoms with van der Waals surface area (Å²) in [6.07, 6.45) is 11.8. The first-order chi connectivity index (χ1) is 5.91. The fourth-order valence-electron chi connectivity index (χ4n) is 1.02. The van der Waals surface area contributed by atoms with Gasteiger partial charge in [-0.2, -0.15) is 0 Å². The zero-order chi connectivity index (χ0) is 9.07. The van der Waals surface area contributed by atoms with E-state index < -0.39 is 0 Å². The number of hydrogen-bond donors (Lipinski definition) is 0. The number of hydrogen-bond acceptors (Lipinski definition) is 0. The van der Waals surface area contributed by atoms with Crippen molar-refractivity contribution in [1.82, 2.24) is 0 Å². The minimum Gasteiger partial charge on any atom is -0.0837 e. The summed E-state index contributed by atoms with van der Waals surface area (Å²) in [6, 6.07) is 0. The van der Waals surface area contributed by atoms with Gasteiger partial charge >= 0.3 is 0 Å². The minimum absolute atomic E-state index is 1.25. The van der Waals surface area contributed by atoms with Gasteiger partial charge in [0.25, 0.3) is 0 Å². The molecule has 0 aromatic heterocycles. The molecule has 0 unspecified atom stereocenters. The molecule has 0 aromatic rings. The first-order valence-corrected chi connectivity index (χ1v) is 6.38. The van der Waals surface area contributed by atoms with E-state index in [1.807, 2.05) is 0 Å². The standard InChI is InChI=1S/C11H22P/c1-3-5-7-9-11-12-10-8-6-4-2/h8,10H,3-7,9,11H2,1-2H3. The topological polar surface area (TPSA) is 0 Å². The zero-order valence-corrected chi connectivity index (χ0v) is 9.45. The molecule has 0 atom stereocenters. The number of allylic oxidation sites excluding steroid dienone is 1. The molecule has 0 spiro atoms. The summed E-state index contributed by atoms with van der Waals surface area (Å²) in [7, 11) is 1.52. The third-order valence-electron chi connectivity index (χ3n) is 1.81. The molecule has 1 heteroatoms. The lowest BCUT2D eigenvalue weighted by atomic mass is 10.2. The predicted molar refractivity (Wildman–Crippen MR) is 60.0 cm³/mol. The second-order valence-electron chi connectivity index (χ2n) is 3.14. The van der Waals surface area contributed by atoms with E-state index in [4.69, 9.17) is 0 Å². The third kappa shape index (κ3) is 10.2. The van der Waals surface area contributed by atoms with Crippen LogP contribution < -0.4 is 0 Å². The molecule has 0 rings (SSSR count). The van der Waals surface area contributed by atoms with Gasteiger partial charge in [-0.15, -0.1) is 0 Å². The van der Waals surface area contributed by atoms with Crippen LogP contribution in [0.15, 0.2) is 11.9 Å². The Morgan fingerprint density at radius 1 is 1.00 bits per heavy atom. The fourth-order valence-corrected chi connectivity index (χ4v) is 1.87. The van der Waals surface area contributed by atoms with Gasteiger partial charge in [0.1, 0.15) is 0 Å². The first kappa shape index (κ1) is 12.2. The van der Waals surface area contributed by atoms with Crippen LogP contribution >= 0.6 is 8.58 Å². The maximum absolute atomic E-state index is 2.31. The highest BCUT2D eigenvalue weighted by Crippen LogP contribution is 2.15. The molecule has 0 aromatic carbocycles. The van der Waals surface area contributed by atoms with Crippen LogP contribution in [-0.4, -0.2) is 6.16 Å².